The van der Waals surface area contributed by atoms with Gasteiger partial charge in [-0.1, -0.05) is 6.42 Å². The molecule has 1 saturated heterocycles. The summed E-state index contributed by atoms with van der Waals surface area (Å²) in [5.41, 5.74) is 6.22. The molecule has 0 atom stereocenters. The van der Waals surface area contributed by atoms with Crippen LogP contribution in [0.15, 0.2) is 12.1 Å². The normalized spacial score (nSPS) is 13.9. The summed E-state index contributed by atoms with van der Waals surface area (Å²) in [4.78, 5) is 36.8. The lowest BCUT2D eigenvalue weighted by Crippen LogP contribution is -2.49. The number of anilines is 1. The van der Waals surface area contributed by atoms with Crippen LogP contribution in [0.3, 0.4) is 0 Å². The summed E-state index contributed by atoms with van der Waals surface area (Å²) in [5, 5.41) is 4.89. The molecule has 0 aliphatic carbocycles. The van der Waals surface area contributed by atoms with Crippen LogP contribution in [0.4, 0.5) is 14.9 Å². The Kier molecular flexibility index (Phi) is 8.47. The van der Waals surface area contributed by atoms with Gasteiger partial charge in [0.2, 0.25) is 5.91 Å². The van der Waals surface area contributed by atoms with Crippen LogP contribution < -0.4 is 21.3 Å². The second-order valence-electron chi connectivity index (χ2n) is 5.98. The molecule has 0 unspecified atom stereocenters. The summed E-state index contributed by atoms with van der Waals surface area (Å²) < 4.78 is 14.2. The van der Waals surface area contributed by atoms with Crippen molar-refractivity contribution < 1.29 is 18.8 Å². The van der Waals surface area contributed by atoms with E-state index in [1.54, 1.807) is 6.92 Å². The van der Waals surface area contributed by atoms with Crippen LogP contribution >= 0.6 is 12.4 Å². The number of unbranched alkanes of at least 4 members (excludes halogenated alkanes) is 2. The lowest BCUT2D eigenvalue weighted by Gasteiger charge is -2.28. The Hall–Kier alpha value is -2.19. The Bertz CT molecular complexity index is 684. The number of carbonyl (C=O) groups is 3. The third kappa shape index (κ3) is 5.40. The van der Waals surface area contributed by atoms with Crippen molar-refractivity contribution in [2.24, 2.45) is 5.73 Å². The first-order chi connectivity index (χ1) is 11.9. The van der Waals surface area contributed by atoms with E-state index in [-0.39, 0.29) is 36.8 Å². The Morgan fingerprint density at radius 1 is 1.31 bits per heavy atom. The summed E-state index contributed by atoms with van der Waals surface area (Å²) in [6, 6.07) is 2.01. The standard InChI is InChI=1S/C17H23FN4O3.ClH/c1-11-9-13(18)12(16(24)20-7-4-2-3-6-19)10-14(11)22-8-5-15(23)21-17(22)25;/h9-10H,2-8,19H2,1H3,(H,20,24)(H,21,23,25);1H. The second-order valence-corrected chi connectivity index (χ2v) is 5.98. The molecule has 4 amide bonds. The molecule has 4 N–H and O–H groups in total. The molecule has 7 nitrogen and oxygen atoms in total. The summed E-state index contributed by atoms with van der Waals surface area (Å²) >= 11 is 0. The molecule has 144 valence electrons. The highest BCUT2D eigenvalue weighted by Crippen LogP contribution is 2.25. The minimum absolute atomic E-state index is 0. The highest BCUT2D eigenvalue weighted by Gasteiger charge is 2.27. The van der Waals surface area contributed by atoms with Crippen molar-refractivity contribution in [3.63, 3.8) is 0 Å². The Balaban J connectivity index is 0.00000338. The number of benzene rings is 1. The fourth-order valence-electron chi connectivity index (χ4n) is 2.66. The molecule has 1 aliphatic heterocycles. The number of hydrogen-bond donors (Lipinski definition) is 3. The van der Waals surface area contributed by atoms with Crippen molar-refractivity contribution in [2.45, 2.75) is 32.6 Å². The first-order valence-corrected chi connectivity index (χ1v) is 8.33. The third-order valence-electron chi connectivity index (χ3n) is 4.04. The quantitative estimate of drug-likeness (QED) is 0.622. The number of urea groups is 1. The Morgan fingerprint density at radius 2 is 2.04 bits per heavy atom. The van der Waals surface area contributed by atoms with E-state index >= 15 is 0 Å². The summed E-state index contributed by atoms with van der Waals surface area (Å²) in [5.74, 6) is -1.52. The number of carbonyl (C=O) groups excluding carboxylic acids is 3. The van der Waals surface area contributed by atoms with Gasteiger partial charge < -0.3 is 11.1 Å². The lowest BCUT2D eigenvalue weighted by atomic mass is 10.1. The van der Waals surface area contributed by atoms with E-state index in [1.165, 1.54) is 17.0 Å². The van der Waals surface area contributed by atoms with E-state index in [1.807, 2.05) is 0 Å². The van der Waals surface area contributed by atoms with Gasteiger partial charge in [0.1, 0.15) is 5.82 Å². The monoisotopic (exact) mass is 386 g/mol. The van der Waals surface area contributed by atoms with Gasteiger partial charge in [-0.2, -0.15) is 0 Å². The number of halogens is 2. The zero-order chi connectivity index (χ0) is 18.4. The molecule has 2 rings (SSSR count). The molecule has 1 aliphatic rings. The number of nitrogens with one attached hydrogen (secondary N) is 2. The molecule has 1 aromatic rings. The van der Waals surface area contributed by atoms with Gasteiger partial charge in [-0.05, 0) is 44.0 Å². The molecule has 9 heteroatoms. The maximum absolute atomic E-state index is 14.2. The van der Waals surface area contributed by atoms with Gasteiger partial charge in [0.15, 0.2) is 0 Å². The number of rotatable bonds is 7. The highest BCUT2D eigenvalue weighted by atomic mass is 35.5. The van der Waals surface area contributed by atoms with E-state index in [9.17, 15) is 18.8 Å². The second kappa shape index (κ2) is 10.1. The van der Waals surface area contributed by atoms with Gasteiger partial charge in [0.05, 0.1) is 5.56 Å². The average molecular weight is 387 g/mol. The minimum Gasteiger partial charge on any atom is -0.352 e. The molecule has 0 aromatic heterocycles. The first-order valence-electron chi connectivity index (χ1n) is 8.33. The van der Waals surface area contributed by atoms with E-state index in [0.29, 0.717) is 24.3 Å². The topological polar surface area (TPSA) is 105 Å². The largest absolute Gasteiger partial charge is 0.352 e. The van der Waals surface area contributed by atoms with Crippen LogP contribution in [0.5, 0.6) is 0 Å². The van der Waals surface area contributed by atoms with Crippen molar-refractivity contribution in [3.8, 4) is 0 Å². The number of imide groups is 1. The summed E-state index contributed by atoms with van der Waals surface area (Å²) in [6.45, 7) is 2.87. The van der Waals surface area contributed by atoms with Crippen LogP contribution in [0, 0.1) is 12.7 Å². The maximum Gasteiger partial charge on any atom is 0.328 e. The zero-order valence-electron chi connectivity index (χ0n) is 14.6. The van der Waals surface area contributed by atoms with Gasteiger partial charge >= 0.3 is 6.03 Å². The average Bonchev–Trinajstić information content (AvgIpc) is 2.55. The summed E-state index contributed by atoms with van der Waals surface area (Å²) in [7, 11) is 0. The summed E-state index contributed by atoms with van der Waals surface area (Å²) in [6.07, 6.45) is 2.69. The Morgan fingerprint density at radius 3 is 2.69 bits per heavy atom. The third-order valence-corrected chi connectivity index (χ3v) is 4.04. The molecule has 26 heavy (non-hydrogen) atoms. The molecule has 0 radical (unpaired) electrons. The van der Waals surface area contributed by atoms with Crippen LogP contribution in [-0.2, 0) is 4.79 Å². The Labute approximate surface area is 157 Å². The lowest BCUT2D eigenvalue weighted by molar-refractivity contribution is -0.120. The van der Waals surface area contributed by atoms with Crippen LogP contribution in [0.2, 0.25) is 0 Å². The number of amides is 4. The number of nitrogens with two attached hydrogens (primary N) is 1. The SMILES string of the molecule is Cc1cc(F)c(C(=O)NCCCCCN)cc1N1CCC(=O)NC1=O.Cl. The van der Waals surface area contributed by atoms with Gasteiger partial charge in [-0.3, -0.25) is 19.8 Å². The first kappa shape index (κ1) is 21.9. The van der Waals surface area contributed by atoms with Crippen LogP contribution in [0.25, 0.3) is 0 Å². The fraction of sp³-hybridized carbons (Fsp3) is 0.471. The minimum atomic E-state index is -0.644. The molecule has 0 spiro atoms. The number of hydrogen-bond acceptors (Lipinski definition) is 4. The maximum atomic E-state index is 14.2. The molecule has 1 fully saturated rings. The highest BCUT2D eigenvalue weighted by molar-refractivity contribution is 6.06. The van der Waals surface area contributed by atoms with Crippen LogP contribution in [-0.4, -0.2) is 37.5 Å². The number of aryl methyl sites for hydroxylation is 1. The van der Waals surface area contributed by atoms with Gasteiger partial charge in [0, 0.05) is 25.2 Å². The van der Waals surface area contributed by atoms with Gasteiger partial charge in [-0.15, -0.1) is 12.4 Å². The van der Waals surface area contributed by atoms with E-state index in [2.05, 4.69) is 10.6 Å². The van der Waals surface area contributed by atoms with Crippen molar-refractivity contribution >= 4 is 35.9 Å². The molecular weight excluding hydrogens is 363 g/mol. The predicted octanol–water partition coefficient (Wildman–Crippen LogP) is 1.86. The van der Waals surface area contributed by atoms with E-state index < -0.39 is 17.8 Å². The smallest absolute Gasteiger partial charge is 0.328 e. The molecule has 1 heterocycles. The molecule has 0 bridgehead atoms. The van der Waals surface area contributed by atoms with E-state index in [0.717, 1.165) is 19.3 Å². The van der Waals surface area contributed by atoms with Crippen molar-refractivity contribution in [2.75, 3.05) is 24.5 Å². The van der Waals surface area contributed by atoms with Gasteiger partial charge in [0.25, 0.3) is 5.91 Å². The molecule has 0 saturated carbocycles. The van der Waals surface area contributed by atoms with Crippen molar-refractivity contribution in [1.29, 1.82) is 0 Å². The van der Waals surface area contributed by atoms with Gasteiger partial charge in [-0.25, -0.2) is 9.18 Å². The fourth-order valence-corrected chi connectivity index (χ4v) is 2.66. The molecule has 1 aromatic carbocycles. The van der Waals surface area contributed by atoms with Crippen LogP contribution in [0.1, 0.15) is 41.6 Å². The molecular formula is C17H24ClFN4O3. The zero-order valence-corrected chi connectivity index (χ0v) is 15.5. The van der Waals surface area contributed by atoms with Crippen molar-refractivity contribution in [1.82, 2.24) is 10.6 Å². The predicted molar refractivity (Wildman–Crippen MR) is 99.1 cm³/mol. The van der Waals surface area contributed by atoms with E-state index in [4.69, 9.17) is 5.73 Å². The van der Waals surface area contributed by atoms with Crippen molar-refractivity contribution in [3.05, 3.63) is 29.1 Å². The number of nitrogens with zero attached hydrogens (tertiary/aromatic N) is 1.